The number of aryl methyl sites for hydroxylation is 1. The van der Waals surface area contributed by atoms with E-state index in [0.29, 0.717) is 23.1 Å². The number of ether oxygens (including phenoxy) is 2. The van der Waals surface area contributed by atoms with Crippen molar-refractivity contribution in [2.24, 2.45) is 5.10 Å². The molecule has 0 aliphatic heterocycles. The molecule has 0 amide bonds. The van der Waals surface area contributed by atoms with E-state index in [1.165, 1.54) is 11.3 Å². The minimum atomic E-state index is 0.412. The molecule has 0 aliphatic carbocycles. The second-order valence-corrected chi connectivity index (χ2v) is 6.79. The van der Waals surface area contributed by atoms with E-state index in [1.54, 1.807) is 13.3 Å². The van der Waals surface area contributed by atoms with Crippen molar-refractivity contribution in [2.75, 3.05) is 12.5 Å². The quantitative estimate of drug-likeness (QED) is 0.450. The van der Waals surface area contributed by atoms with Gasteiger partial charge in [-0.25, -0.2) is 4.98 Å². The van der Waals surface area contributed by atoms with Crippen molar-refractivity contribution in [2.45, 2.75) is 13.5 Å². The summed E-state index contributed by atoms with van der Waals surface area (Å²) in [5.74, 6) is 1.30. The van der Waals surface area contributed by atoms with E-state index in [0.717, 1.165) is 22.0 Å². The Balaban J connectivity index is 1.65. The summed E-state index contributed by atoms with van der Waals surface area (Å²) < 4.78 is 11.3. The Morgan fingerprint density at radius 1 is 1.23 bits per heavy atom. The number of rotatable bonds is 7. The third kappa shape index (κ3) is 4.97. The van der Waals surface area contributed by atoms with Gasteiger partial charge < -0.3 is 9.47 Å². The first-order valence-corrected chi connectivity index (χ1v) is 9.16. The molecule has 0 spiro atoms. The van der Waals surface area contributed by atoms with Crippen molar-refractivity contribution in [3.05, 3.63) is 69.7 Å². The summed E-state index contributed by atoms with van der Waals surface area (Å²) in [6.07, 6.45) is 1.71. The number of hydrogen-bond acceptors (Lipinski definition) is 6. The summed E-state index contributed by atoms with van der Waals surface area (Å²) >= 11 is 7.51. The molecule has 134 valence electrons. The Morgan fingerprint density at radius 2 is 2.12 bits per heavy atom. The van der Waals surface area contributed by atoms with Crippen LogP contribution in [-0.4, -0.2) is 18.3 Å². The molecule has 26 heavy (non-hydrogen) atoms. The van der Waals surface area contributed by atoms with E-state index in [4.69, 9.17) is 21.1 Å². The minimum Gasteiger partial charge on any atom is -0.493 e. The van der Waals surface area contributed by atoms with Crippen LogP contribution in [0.15, 0.2) is 52.9 Å². The lowest BCUT2D eigenvalue weighted by atomic mass is 10.2. The number of aromatic nitrogens is 1. The lowest BCUT2D eigenvalue weighted by Crippen LogP contribution is -1.98. The molecule has 0 aliphatic rings. The van der Waals surface area contributed by atoms with Crippen LogP contribution < -0.4 is 14.9 Å². The predicted molar refractivity (Wildman–Crippen MR) is 107 cm³/mol. The Kier molecular flexibility index (Phi) is 6.09. The number of benzene rings is 2. The van der Waals surface area contributed by atoms with Crippen LogP contribution in [0, 0.1) is 6.92 Å². The topological polar surface area (TPSA) is 55.7 Å². The lowest BCUT2D eigenvalue weighted by Gasteiger charge is -2.11. The van der Waals surface area contributed by atoms with Gasteiger partial charge in [0.05, 0.1) is 19.0 Å². The smallest absolute Gasteiger partial charge is 0.203 e. The molecular formula is C19H18ClN3O2S. The van der Waals surface area contributed by atoms with Gasteiger partial charge in [0, 0.05) is 10.4 Å². The zero-order chi connectivity index (χ0) is 18.4. The number of nitrogens with one attached hydrogen (secondary N) is 1. The van der Waals surface area contributed by atoms with Gasteiger partial charge in [-0.15, -0.1) is 11.3 Å². The average molecular weight is 388 g/mol. The molecular weight excluding hydrogens is 370 g/mol. The minimum absolute atomic E-state index is 0.412. The van der Waals surface area contributed by atoms with Gasteiger partial charge >= 0.3 is 0 Å². The van der Waals surface area contributed by atoms with Crippen molar-refractivity contribution in [3.8, 4) is 11.5 Å². The molecule has 0 saturated carbocycles. The summed E-state index contributed by atoms with van der Waals surface area (Å²) in [4.78, 5) is 4.29. The van der Waals surface area contributed by atoms with E-state index in [-0.39, 0.29) is 0 Å². The fraction of sp³-hybridized carbons (Fsp3) is 0.158. The Morgan fingerprint density at radius 3 is 2.85 bits per heavy atom. The first-order chi connectivity index (χ1) is 12.6. The molecule has 3 rings (SSSR count). The highest BCUT2D eigenvalue weighted by molar-refractivity contribution is 7.13. The van der Waals surface area contributed by atoms with E-state index in [9.17, 15) is 0 Å². The molecule has 0 bridgehead atoms. The maximum Gasteiger partial charge on any atom is 0.203 e. The highest BCUT2D eigenvalue weighted by Crippen LogP contribution is 2.28. The molecule has 1 N–H and O–H groups in total. The molecule has 0 unspecified atom stereocenters. The summed E-state index contributed by atoms with van der Waals surface area (Å²) in [6.45, 7) is 2.35. The van der Waals surface area contributed by atoms with Crippen LogP contribution in [0.25, 0.3) is 0 Å². The highest BCUT2D eigenvalue weighted by atomic mass is 35.5. The third-order valence-corrected chi connectivity index (χ3v) is 4.56. The second-order valence-electron chi connectivity index (χ2n) is 5.49. The van der Waals surface area contributed by atoms with Crippen LogP contribution in [0.5, 0.6) is 11.5 Å². The lowest BCUT2D eigenvalue weighted by molar-refractivity contribution is 0.284. The van der Waals surface area contributed by atoms with Gasteiger partial charge in [0.1, 0.15) is 6.61 Å². The molecule has 5 nitrogen and oxygen atoms in total. The maximum atomic E-state index is 6.00. The molecule has 7 heteroatoms. The van der Waals surface area contributed by atoms with Gasteiger partial charge in [0.2, 0.25) is 5.13 Å². The summed E-state index contributed by atoms with van der Waals surface area (Å²) in [6, 6.07) is 13.2. The summed E-state index contributed by atoms with van der Waals surface area (Å²) in [5, 5.41) is 7.60. The predicted octanol–water partition coefficient (Wildman–Crippen LogP) is 5.14. The van der Waals surface area contributed by atoms with Gasteiger partial charge in [0.25, 0.3) is 0 Å². The molecule has 1 heterocycles. The number of methoxy groups -OCH3 is 1. The summed E-state index contributed by atoms with van der Waals surface area (Å²) in [5.41, 5.74) is 5.76. The van der Waals surface area contributed by atoms with E-state index >= 15 is 0 Å². The van der Waals surface area contributed by atoms with Crippen LogP contribution in [0.4, 0.5) is 5.13 Å². The van der Waals surface area contributed by atoms with Crippen LogP contribution in [0.3, 0.4) is 0 Å². The third-order valence-electron chi connectivity index (χ3n) is 3.46. The molecule has 1 aromatic heterocycles. The molecule has 0 radical (unpaired) electrons. The van der Waals surface area contributed by atoms with Crippen molar-refractivity contribution < 1.29 is 9.47 Å². The number of hydrogen-bond donors (Lipinski definition) is 1. The fourth-order valence-corrected chi connectivity index (χ4v) is 3.09. The molecule has 0 saturated heterocycles. The maximum absolute atomic E-state index is 6.00. The van der Waals surface area contributed by atoms with Gasteiger partial charge in [0.15, 0.2) is 11.5 Å². The van der Waals surface area contributed by atoms with E-state index in [2.05, 4.69) is 15.5 Å². The first-order valence-electron chi connectivity index (χ1n) is 7.90. The van der Waals surface area contributed by atoms with Crippen molar-refractivity contribution >= 4 is 34.3 Å². The second kappa shape index (κ2) is 8.69. The standard InChI is InChI=1S/C19H18ClN3O2S/c1-13-12-26-19(22-13)23-21-10-14-6-7-17(18(9-14)24-2)25-11-15-4-3-5-16(20)8-15/h3-10,12H,11H2,1-2H3,(H,22,23). The van der Waals surface area contributed by atoms with Crippen molar-refractivity contribution in [1.29, 1.82) is 0 Å². The number of halogens is 1. The molecule has 2 aromatic carbocycles. The molecule has 0 fully saturated rings. The van der Waals surface area contributed by atoms with E-state index in [1.807, 2.05) is 54.8 Å². The number of hydrazone groups is 1. The monoisotopic (exact) mass is 387 g/mol. The van der Waals surface area contributed by atoms with Gasteiger partial charge in [-0.2, -0.15) is 5.10 Å². The Labute approximate surface area is 161 Å². The normalized spacial score (nSPS) is 10.9. The van der Waals surface area contributed by atoms with Crippen LogP contribution in [0.2, 0.25) is 5.02 Å². The van der Waals surface area contributed by atoms with Crippen LogP contribution in [0.1, 0.15) is 16.8 Å². The van der Waals surface area contributed by atoms with Crippen molar-refractivity contribution in [3.63, 3.8) is 0 Å². The largest absolute Gasteiger partial charge is 0.493 e. The fourth-order valence-electron chi connectivity index (χ4n) is 2.24. The average Bonchev–Trinajstić information content (AvgIpc) is 3.05. The Bertz CT molecular complexity index is 911. The zero-order valence-corrected chi connectivity index (χ0v) is 16.0. The highest BCUT2D eigenvalue weighted by Gasteiger charge is 2.06. The SMILES string of the molecule is COc1cc(C=NNc2nc(C)cs2)ccc1OCc1cccc(Cl)c1. The van der Waals surface area contributed by atoms with Crippen LogP contribution in [-0.2, 0) is 6.61 Å². The first kappa shape index (κ1) is 18.2. The summed E-state index contributed by atoms with van der Waals surface area (Å²) in [7, 11) is 1.61. The van der Waals surface area contributed by atoms with E-state index < -0.39 is 0 Å². The number of anilines is 1. The van der Waals surface area contributed by atoms with Gasteiger partial charge in [-0.1, -0.05) is 23.7 Å². The number of thiazole rings is 1. The number of nitrogens with zero attached hydrogens (tertiary/aromatic N) is 2. The van der Waals surface area contributed by atoms with Gasteiger partial charge in [-0.05, 0) is 48.4 Å². The van der Waals surface area contributed by atoms with Crippen molar-refractivity contribution in [1.82, 2.24) is 4.98 Å². The molecule has 3 aromatic rings. The van der Waals surface area contributed by atoms with Crippen LogP contribution >= 0.6 is 22.9 Å². The Hall–Kier alpha value is -2.57. The molecule has 0 atom stereocenters. The van der Waals surface area contributed by atoms with Gasteiger partial charge in [-0.3, -0.25) is 5.43 Å². The zero-order valence-electron chi connectivity index (χ0n) is 14.4.